The predicted octanol–water partition coefficient (Wildman–Crippen LogP) is 3.57. The van der Waals surface area contributed by atoms with E-state index in [4.69, 9.17) is 0 Å². The second-order valence-electron chi connectivity index (χ2n) is 2.10. The van der Waals surface area contributed by atoms with Crippen LogP contribution in [0.4, 0.5) is 0 Å². The van der Waals surface area contributed by atoms with Crippen LogP contribution < -0.4 is 0 Å². The van der Waals surface area contributed by atoms with Gasteiger partial charge < -0.3 is 14.9 Å². The van der Waals surface area contributed by atoms with E-state index >= 15 is 0 Å². The van der Waals surface area contributed by atoms with Crippen molar-refractivity contribution in [3.05, 3.63) is 39.2 Å². The molecule has 0 spiro atoms. The molecular weight excluding hydrogens is 227 g/mol. The van der Waals surface area contributed by atoms with Gasteiger partial charge in [0.15, 0.2) is 0 Å². The molecule has 0 saturated carbocycles. The van der Waals surface area contributed by atoms with Crippen molar-refractivity contribution < 1.29 is 20.4 Å². The van der Waals surface area contributed by atoms with Crippen molar-refractivity contribution in [2.75, 3.05) is 0 Å². The van der Waals surface area contributed by atoms with Crippen LogP contribution in [-0.4, -0.2) is 0 Å². The Morgan fingerprint density at radius 1 is 0.545 bits per heavy atom. The molecule has 1 rings (SSSR count). The Hall–Kier alpha value is 0.142. The normalized spacial score (nSPS) is 17.5. The van der Waals surface area contributed by atoms with Crippen molar-refractivity contribution in [2.45, 2.75) is 25.7 Å². The average molecular weight is 245 g/mol. The zero-order chi connectivity index (χ0) is 5.66. The second-order valence-corrected chi connectivity index (χ2v) is 2.10. The predicted molar refractivity (Wildman–Crippen MR) is 49.6 cm³/mol. The average Bonchev–Trinajstić information content (AvgIpc) is 1.62. The maximum absolute atomic E-state index is 2.27. The summed E-state index contributed by atoms with van der Waals surface area (Å²) in [6, 6.07) is 0. The molecule has 0 aromatic heterocycles. The van der Waals surface area contributed by atoms with Gasteiger partial charge in [-0.15, -0.1) is 0 Å². The molecule has 1 aliphatic carbocycles. The van der Waals surface area contributed by atoms with Gasteiger partial charge in [0.05, 0.1) is 0 Å². The Morgan fingerprint density at radius 3 is 0.909 bits per heavy atom. The molecule has 11 heavy (non-hydrogen) atoms. The SMILES string of the molecule is C1=CCC/C=C\CC1.[CH3-].[CH3-].[Pd+2]. The third kappa shape index (κ3) is 10.1. The van der Waals surface area contributed by atoms with E-state index in [0.717, 1.165) is 0 Å². The molecule has 0 nitrogen and oxygen atoms in total. The zero-order valence-corrected chi connectivity index (χ0v) is 9.01. The van der Waals surface area contributed by atoms with Gasteiger partial charge in [0.1, 0.15) is 0 Å². The first-order chi connectivity index (χ1) is 4.00. The van der Waals surface area contributed by atoms with E-state index in [1.807, 2.05) is 0 Å². The van der Waals surface area contributed by atoms with Gasteiger partial charge in [0.2, 0.25) is 0 Å². The van der Waals surface area contributed by atoms with Crippen LogP contribution in [0, 0.1) is 14.9 Å². The van der Waals surface area contributed by atoms with Crippen LogP contribution in [0.2, 0.25) is 0 Å². The third-order valence-corrected chi connectivity index (χ3v) is 1.33. The maximum Gasteiger partial charge on any atom is 2.00 e. The molecule has 0 aromatic rings. The summed E-state index contributed by atoms with van der Waals surface area (Å²) >= 11 is 0. The van der Waals surface area contributed by atoms with Gasteiger partial charge in [-0.1, -0.05) is 24.3 Å². The summed E-state index contributed by atoms with van der Waals surface area (Å²) in [6.45, 7) is 0. The minimum absolute atomic E-state index is 0. The van der Waals surface area contributed by atoms with Gasteiger partial charge in [-0.05, 0) is 25.7 Å². The van der Waals surface area contributed by atoms with Crippen molar-refractivity contribution in [3.8, 4) is 0 Å². The molecule has 0 heterocycles. The van der Waals surface area contributed by atoms with E-state index in [-0.39, 0.29) is 35.3 Å². The molecule has 0 atom stereocenters. The Morgan fingerprint density at radius 2 is 0.727 bits per heavy atom. The smallest absolute Gasteiger partial charge is 0.358 e. The summed E-state index contributed by atoms with van der Waals surface area (Å²) < 4.78 is 0. The third-order valence-electron chi connectivity index (χ3n) is 1.33. The van der Waals surface area contributed by atoms with Crippen molar-refractivity contribution >= 4 is 0 Å². The summed E-state index contributed by atoms with van der Waals surface area (Å²) in [5.41, 5.74) is 0. The van der Waals surface area contributed by atoms with Crippen molar-refractivity contribution in [2.24, 2.45) is 0 Å². The van der Waals surface area contributed by atoms with E-state index in [1.54, 1.807) is 0 Å². The minimum atomic E-state index is 0. The minimum Gasteiger partial charge on any atom is -0.358 e. The Labute approximate surface area is 85.4 Å². The summed E-state index contributed by atoms with van der Waals surface area (Å²) in [7, 11) is 0. The van der Waals surface area contributed by atoms with Crippen LogP contribution in [0.25, 0.3) is 0 Å². The van der Waals surface area contributed by atoms with E-state index in [9.17, 15) is 0 Å². The Bertz CT molecular complexity index is 77.4. The number of rotatable bonds is 0. The zero-order valence-electron chi connectivity index (χ0n) is 7.45. The number of hydrogen-bond donors (Lipinski definition) is 0. The molecule has 0 radical (unpaired) electrons. The quantitative estimate of drug-likeness (QED) is 0.347. The van der Waals surface area contributed by atoms with Crippen LogP contribution in [0.3, 0.4) is 0 Å². The van der Waals surface area contributed by atoms with E-state index in [1.165, 1.54) is 25.7 Å². The fourth-order valence-electron chi connectivity index (χ4n) is 0.856. The first-order valence-corrected chi connectivity index (χ1v) is 3.30. The van der Waals surface area contributed by atoms with Gasteiger partial charge in [-0.25, -0.2) is 0 Å². The van der Waals surface area contributed by atoms with Crippen molar-refractivity contribution in [3.63, 3.8) is 0 Å². The first kappa shape index (κ1) is 17.3. The van der Waals surface area contributed by atoms with Gasteiger partial charge >= 0.3 is 20.4 Å². The monoisotopic (exact) mass is 244 g/mol. The molecule has 1 heteroatoms. The van der Waals surface area contributed by atoms with Gasteiger partial charge in [-0.3, -0.25) is 0 Å². The number of hydrogen-bond acceptors (Lipinski definition) is 0. The van der Waals surface area contributed by atoms with Crippen LogP contribution in [0.5, 0.6) is 0 Å². The van der Waals surface area contributed by atoms with Gasteiger partial charge in [0, 0.05) is 0 Å². The van der Waals surface area contributed by atoms with Gasteiger partial charge in [-0.2, -0.15) is 0 Å². The molecule has 0 aromatic carbocycles. The maximum atomic E-state index is 2.27. The Balaban J connectivity index is -0.000000213. The van der Waals surface area contributed by atoms with E-state index in [2.05, 4.69) is 24.3 Å². The molecule has 0 amide bonds. The summed E-state index contributed by atoms with van der Waals surface area (Å²) in [5.74, 6) is 0. The molecule has 0 N–H and O–H groups in total. The molecule has 0 fully saturated rings. The molecule has 0 bridgehead atoms. The fourth-order valence-corrected chi connectivity index (χ4v) is 0.856. The molecule has 68 valence electrons. The summed E-state index contributed by atoms with van der Waals surface area (Å²) in [5, 5.41) is 0. The Kier molecular flexibility index (Phi) is 20.1. The van der Waals surface area contributed by atoms with E-state index < -0.39 is 0 Å². The summed E-state index contributed by atoms with van der Waals surface area (Å²) in [6.07, 6.45) is 14.0. The van der Waals surface area contributed by atoms with Gasteiger partial charge in [0.25, 0.3) is 0 Å². The van der Waals surface area contributed by atoms with Crippen LogP contribution >= 0.6 is 0 Å². The molecule has 0 aliphatic heterocycles. The number of allylic oxidation sites excluding steroid dienone is 4. The molecule has 0 unspecified atom stereocenters. The standard InChI is InChI=1S/C8H12.2CH3.Pd/c1-2-4-6-8-7-5-3-1;;;/h1-2,7-8H,3-6H2;2*1H3;/q;2*-1;+2/b2-1-,8-7?;;;. The van der Waals surface area contributed by atoms with Crippen LogP contribution in [0.15, 0.2) is 24.3 Å². The largest absolute Gasteiger partial charge is 2.00 e. The van der Waals surface area contributed by atoms with Crippen LogP contribution in [0.1, 0.15) is 25.7 Å². The topological polar surface area (TPSA) is 0 Å². The summed E-state index contributed by atoms with van der Waals surface area (Å²) in [4.78, 5) is 0. The fraction of sp³-hybridized carbons (Fsp3) is 0.400. The first-order valence-electron chi connectivity index (χ1n) is 3.30. The molecular formula is C10H18Pd. The van der Waals surface area contributed by atoms with E-state index in [0.29, 0.717) is 0 Å². The van der Waals surface area contributed by atoms with Crippen molar-refractivity contribution in [1.82, 2.24) is 0 Å². The molecule has 1 aliphatic rings. The second kappa shape index (κ2) is 12.8. The van der Waals surface area contributed by atoms with Crippen LogP contribution in [-0.2, 0) is 20.4 Å². The molecule has 0 saturated heterocycles. The van der Waals surface area contributed by atoms with Crippen molar-refractivity contribution in [1.29, 1.82) is 0 Å².